The van der Waals surface area contributed by atoms with Crippen molar-refractivity contribution in [2.24, 2.45) is 5.41 Å². The maximum absolute atomic E-state index is 13.7. The Hall–Kier alpha value is -1.63. The lowest BCUT2D eigenvalue weighted by Gasteiger charge is -2.19. The van der Waals surface area contributed by atoms with E-state index in [2.05, 4.69) is 19.2 Å². The summed E-state index contributed by atoms with van der Waals surface area (Å²) in [4.78, 5) is 0. The summed E-state index contributed by atoms with van der Waals surface area (Å²) in [5, 5.41) is 11.6. The normalized spacial score (nSPS) is 21.6. The Bertz CT molecular complexity index is 480. The molecule has 4 heteroatoms. The van der Waals surface area contributed by atoms with E-state index in [-0.39, 0.29) is 22.7 Å². The second-order valence-corrected chi connectivity index (χ2v) is 5.67. The number of nitrogens with one attached hydrogen (secondary N) is 1. The number of rotatable bonds is 2. The van der Waals surface area contributed by atoms with Gasteiger partial charge in [0.1, 0.15) is 5.69 Å². The zero-order valence-corrected chi connectivity index (χ0v) is 10.6. The Morgan fingerprint density at radius 3 is 2.39 bits per heavy atom. The number of hydrogen-bond acceptors (Lipinski definition) is 2. The minimum absolute atomic E-state index is 0.00213. The molecule has 1 saturated carbocycles. The third kappa shape index (κ3) is 2.61. The van der Waals surface area contributed by atoms with Crippen LogP contribution in [0.25, 0.3) is 0 Å². The standard InChI is InChI=1S/C14H16F2N2/c1-14(2)4-3-10(7-14)18-13-11(15)5-9(8-17)6-12(13)16/h5-6,10,18H,3-4,7H2,1-2H3. The third-order valence-corrected chi connectivity index (χ3v) is 3.49. The van der Waals surface area contributed by atoms with Crippen molar-refractivity contribution in [1.29, 1.82) is 5.26 Å². The second-order valence-electron chi connectivity index (χ2n) is 5.67. The fourth-order valence-corrected chi connectivity index (χ4v) is 2.54. The van der Waals surface area contributed by atoms with Gasteiger partial charge in [-0.15, -0.1) is 0 Å². The van der Waals surface area contributed by atoms with E-state index in [1.807, 2.05) is 0 Å². The van der Waals surface area contributed by atoms with Gasteiger partial charge < -0.3 is 5.32 Å². The Morgan fingerprint density at radius 2 is 1.94 bits per heavy atom. The van der Waals surface area contributed by atoms with E-state index in [0.29, 0.717) is 0 Å². The van der Waals surface area contributed by atoms with Crippen LogP contribution in [0.15, 0.2) is 12.1 Å². The molecular formula is C14H16F2N2. The van der Waals surface area contributed by atoms with Crippen molar-refractivity contribution in [3.05, 3.63) is 29.3 Å². The minimum atomic E-state index is -0.698. The molecule has 1 unspecified atom stereocenters. The number of nitrogens with zero attached hydrogens (tertiary/aromatic N) is 1. The molecule has 1 aliphatic rings. The monoisotopic (exact) mass is 250 g/mol. The van der Waals surface area contributed by atoms with Crippen molar-refractivity contribution in [3.8, 4) is 6.07 Å². The topological polar surface area (TPSA) is 35.8 Å². The molecule has 2 nitrogen and oxygen atoms in total. The van der Waals surface area contributed by atoms with Crippen LogP contribution in [0.5, 0.6) is 0 Å². The van der Waals surface area contributed by atoms with Crippen LogP contribution in [-0.2, 0) is 0 Å². The molecule has 0 aliphatic heterocycles. The number of hydrogen-bond donors (Lipinski definition) is 1. The molecule has 0 heterocycles. The number of halogens is 2. The first-order valence-electron chi connectivity index (χ1n) is 6.07. The van der Waals surface area contributed by atoms with Crippen LogP contribution >= 0.6 is 0 Å². The van der Waals surface area contributed by atoms with E-state index >= 15 is 0 Å². The molecule has 1 aromatic carbocycles. The Kier molecular flexibility index (Phi) is 3.25. The highest BCUT2D eigenvalue weighted by Crippen LogP contribution is 2.38. The average Bonchev–Trinajstić information content (AvgIpc) is 2.63. The van der Waals surface area contributed by atoms with Gasteiger partial charge in [-0.3, -0.25) is 0 Å². The molecule has 2 rings (SSSR count). The Balaban J connectivity index is 2.18. The van der Waals surface area contributed by atoms with Crippen molar-refractivity contribution in [1.82, 2.24) is 0 Å². The number of nitriles is 1. The van der Waals surface area contributed by atoms with Crippen LogP contribution in [0.4, 0.5) is 14.5 Å². The summed E-state index contributed by atoms with van der Waals surface area (Å²) in [5.41, 5.74) is 0.107. The maximum Gasteiger partial charge on any atom is 0.150 e. The zero-order valence-electron chi connectivity index (χ0n) is 10.6. The lowest BCUT2D eigenvalue weighted by atomic mass is 9.92. The molecule has 1 aromatic rings. The van der Waals surface area contributed by atoms with Crippen LogP contribution in [0.2, 0.25) is 0 Å². The highest BCUT2D eigenvalue weighted by atomic mass is 19.1. The molecule has 1 aliphatic carbocycles. The molecule has 1 N–H and O–H groups in total. The van der Waals surface area contributed by atoms with Crippen molar-refractivity contribution in [2.45, 2.75) is 39.2 Å². The highest BCUT2D eigenvalue weighted by Gasteiger charge is 2.31. The van der Waals surface area contributed by atoms with Crippen LogP contribution in [0.3, 0.4) is 0 Å². The Labute approximate surface area is 106 Å². The van der Waals surface area contributed by atoms with Crippen LogP contribution in [-0.4, -0.2) is 6.04 Å². The molecule has 18 heavy (non-hydrogen) atoms. The summed E-state index contributed by atoms with van der Waals surface area (Å²) < 4.78 is 27.4. The van der Waals surface area contributed by atoms with Crippen LogP contribution in [0, 0.1) is 28.4 Å². The van der Waals surface area contributed by atoms with E-state index in [0.717, 1.165) is 31.4 Å². The summed E-state index contributed by atoms with van der Waals surface area (Å²) in [6.07, 6.45) is 2.85. The summed E-state index contributed by atoms with van der Waals surface area (Å²) in [6.45, 7) is 4.31. The minimum Gasteiger partial charge on any atom is -0.378 e. The fraction of sp³-hybridized carbons (Fsp3) is 0.500. The molecule has 0 saturated heterocycles. The van der Waals surface area contributed by atoms with E-state index < -0.39 is 11.6 Å². The lowest BCUT2D eigenvalue weighted by Crippen LogP contribution is -2.19. The van der Waals surface area contributed by atoms with Gasteiger partial charge in [-0.05, 0) is 36.8 Å². The van der Waals surface area contributed by atoms with Crippen molar-refractivity contribution < 1.29 is 8.78 Å². The van der Waals surface area contributed by atoms with Crippen LogP contribution < -0.4 is 5.32 Å². The van der Waals surface area contributed by atoms with Crippen molar-refractivity contribution >= 4 is 5.69 Å². The largest absolute Gasteiger partial charge is 0.378 e. The molecule has 1 atom stereocenters. The fourth-order valence-electron chi connectivity index (χ4n) is 2.54. The summed E-state index contributed by atoms with van der Waals surface area (Å²) in [5.74, 6) is -1.40. The van der Waals surface area contributed by atoms with E-state index in [9.17, 15) is 8.78 Å². The van der Waals surface area contributed by atoms with Gasteiger partial charge in [0, 0.05) is 6.04 Å². The van der Waals surface area contributed by atoms with Crippen LogP contribution in [0.1, 0.15) is 38.7 Å². The highest BCUT2D eigenvalue weighted by molar-refractivity contribution is 5.51. The molecule has 0 amide bonds. The predicted octanol–water partition coefficient (Wildman–Crippen LogP) is 3.83. The van der Waals surface area contributed by atoms with Gasteiger partial charge in [0.05, 0.1) is 11.6 Å². The molecule has 0 bridgehead atoms. The second kappa shape index (κ2) is 4.56. The first-order chi connectivity index (χ1) is 8.41. The van der Waals surface area contributed by atoms with Gasteiger partial charge in [-0.1, -0.05) is 13.8 Å². The molecule has 0 aromatic heterocycles. The zero-order chi connectivity index (χ0) is 13.3. The summed E-state index contributed by atoms with van der Waals surface area (Å²) >= 11 is 0. The first kappa shape index (κ1) is 12.8. The molecule has 0 spiro atoms. The van der Waals surface area contributed by atoms with Gasteiger partial charge in [0.25, 0.3) is 0 Å². The third-order valence-electron chi connectivity index (χ3n) is 3.49. The van der Waals surface area contributed by atoms with Gasteiger partial charge in [0.2, 0.25) is 0 Å². The van der Waals surface area contributed by atoms with Gasteiger partial charge in [-0.25, -0.2) is 8.78 Å². The SMILES string of the molecule is CC1(C)CCC(Nc2c(F)cc(C#N)cc2F)C1. The molecule has 96 valence electrons. The van der Waals surface area contributed by atoms with E-state index in [1.54, 1.807) is 6.07 Å². The van der Waals surface area contributed by atoms with Crippen molar-refractivity contribution in [2.75, 3.05) is 5.32 Å². The number of benzene rings is 1. The van der Waals surface area contributed by atoms with Crippen molar-refractivity contribution in [3.63, 3.8) is 0 Å². The van der Waals surface area contributed by atoms with Gasteiger partial charge in [-0.2, -0.15) is 5.26 Å². The molecule has 1 fully saturated rings. The van der Waals surface area contributed by atoms with E-state index in [4.69, 9.17) is 5.26 Å². The Morgan fingerprint density at radius 1 is 1.33 bits per heavy atom. The number of anilines is 1. The quantitative estimate of drug-likeness (QED) is 0.866. The lowest BCUT2D eigenvalue weighted by molar-refractivity contribution is 0.378. The average molecular weight is 250 g/mol. The van der Waals surface area contributed by atoms with Gasteiger partial charge in [0.15, 0.2) is 11.6 Å². The summed E-state index contributed by atoms with van der Waals surface area (Å²) in [6, 6.07) is 3.95. The smallest absolute Gasteiger partial charge is 0.150 e. The molecule has 0 radical (unpaired) electrons. The summed E-state index contributed by atoms with van der Waals surface area (Å²) in [7, 11) is 0. The first-order valence-corrected chi connectivity index (χ1v) is 6.07. The predicted molar refractivity (Wildman–Crippen MR) is 66.1 cm³/mol. The molecular weight excluding hydrogens is 234 g/mol. The van der Waals surface area contributed by atoms with E-state index in [1.165, 1.54) is 0 Å². The van der Waals surface area contributed by atoms with Gasteiger partial charge >= 0.3 is 0 Å². The maximum atomic E-state index is 13.7.